The maximum Gasteiger partial charge on any atom is 0.513 e. The van der Waals surface area contributed by atoms with E-state index in [1.165, 1.54) is 26.1 Å². The van der Waals surface area contributed by atoms with Crippen molar-refractivity contribution in [2.75, 3.05) is 20.8 Å². The molecule has 0 aliphatic heterocycles. The van der Waals surface area contributed by atoms with Gasteiger partial charge in [-0.3, -0.25) is 0 Å². The first-order valence-corrected chi connectivity index (χ1v) is 8.16. The summed E-state index contributed by atoms with van der Waals surface area (Å²) in [4.78, 5) is 11.3. The van der Waals surface area contributed by atoms with Crippen LogP contribution in [0.4, 0.5) is 4.79 Å². The molecule has 0 amide bonds. The van der Waals surface area contributed by atoms with Gasteiger partial charge in [-0.15, -0.1) is 0 Å². The van der Waals surface area contributed by atoms with Crippen LogP contribution in [0.15, 0.2) is 65.7 Å². The molecule has 140 valence electrons. The van der Waals surface area contributed by atoms with Gasteiger partial charge in [-0.25, -0.2) is 4.79 Å². The third-order valence-corrected chi connectivity index (χ3v) is 3.21. The monoisotopic (exact) mass is 358 g/mol. The number of rotatable bonds is 8. The summed E-state index contributed by atoms with van der Waals surface area (Å²) in [7, 11) is 2.73. The van der Waals surface area contributed by atoms with E-state index >= 15 is 0 Å². The van der Waals surface area contributed by atoms with Crippen LogP contribution < -0.4 is 4.74 Å². The molecule has 0 saturated carbocycles. The average molecular weight is 358 g/mol. The highest BCUT2D eigenvalue weighted by atomic mass is 16.7. The van der Waals surface area contributed by atoms with Gasteiger partial charge in [-0.05, 0) is 50.1 Å². The summed E-state index contributed by atoms with van der Waals surface area (Å²) in [5.74, 6) is 1.09. The van der Waals surface area contributed by atoms with Gasteiger partial charge >= 0.3 is 6.16 Å². The van der Waals surface area contributed by atoms with Crippen molar-refractivity contribution in [2.24, 2.45) is 0 Å². The highest BCUT2D eigenvalue weighted by Crippen LogP contribution is 2.16. The van der Waals surface area contributed by atoms with Gasteiger partial charge in [0.1, 0.15) is 18.6 Å². The Morgan fingerprint density at radius 2 is 1.92 bits per heavy atom. The van der Waals surface area contributed by atoms with E-state index in [1.807, 2.05) is 62.4 Å². The Kier molecular flexibility index (Phi) is 9.39. The van der Waals surface area contributed by atoms with Gasteiger partial charge < -0.3 is 18.9 Å². The summed E-state index contributed by atoms with van der Waals surface area (Å²) in [5.41, 5.74) is 2.93. The molecule has 0 fully saturated rings. The first-order chi connectivity index (χ1) is 12.5. The first kappa shape index (κ1) is 21.1. The Hall–Kier alpha value is -2.95. The Bertz CT molecular complexity index is 707. The summed E-state index contributed by atoms with van der Waals surface area (Å²) in [6.07, 6.45) is 8.17. The van der Waals surface area contributed by atoms with Crippen molar-refractivity contribution in [1.82, 2.24) is 0 Å². The van der Waals surface area contributed by atoms with Crippen molar-refractivity contribution in [3.05, 3.63) is 71.2 Å². The zero-order chi connectivity index (χ0) is 19.4. The van der Waals surface area contributed by atoms with Gasteiger partial charge in [-0.1, -0.05) is 35.9 Å². The van der Waals surface area contributed by atoms with E-state index in [4.69, 9.17) is 14.2 Å². The molecular weight excluding hydrogens is 332 g/mol. The molecule has 0 radical (unpaired) electrons. The molecule has 5 heteroatoms. The molecule has 1 aromatic carbocycles. The lowest BCUT2D eigenvalue weighted by Gasteiger charge is -2.07. The number of carbonyl (C=O) groups excluding carboxylic acids is 1. The van der Waals surface area contributed by atoms with Gasteiger partial charge in [0.15, 0.2) is 5.76 Å². The Balaban J connectivity index is 2.79. The molecule has 26 heavy (non-hydrogen) atoms. The van der Waals surface area contributed by atoms with Gasteiger partial charge in [0.2, 0.25) is 0 Å². The second kappa shape index (κ2) is 11.6. The predicted molar refractivity (Wildman–Crippen MR) is 103 cm³/mol. The maximum absolute atomic E-state index is 11.3. The van der Waals surface area contributed by atoms with E-state index < -0.39 is 6.16 Å². The van der Waals surface area contributed by atoms with Crippen molar-refractivity contribution in [3.63, 3.8) is 0 Å². The van der Waals surface area contributed by atoms with Crippen molar-refractivity contribution >= 4 is 12.2 Å². The van der Waals surface area contributed by atoms with Crippen LogP contribution >= 0.6 is 0 Å². The Morgan fingerprint density at radius 1 is 1.15 bits per heavy atom. The van der Waals surface area contributed by atoms with Gasteiger partial charge in [0.05, 0.1) is 14.2 Å². The number of allylic oxidation sites excluding steroid dienone is 4. The minimum Gasteiger partial charge on any atom is -0.500 e. The Labute approximate surface area is 155 Å². The van der Waals surface area contributed by atoms with Gasteiger partial charge in [0, 0.05) is 0 Å². The second-order valence-corrected chi connectivity index (χ2v) is 5.65. The number of methoxy groups -OCH3 is 2. The fourth-order valence-corrected chi connectivity index (χ4v) is 1.83. The van der Waals surface area contributed by atoms with Crippen LogP contribution in [0.2, 0.25) is 0 Å². The topological polar surface area (TPSA) is 54.0 Å². The fraction of sp³-hybridized carbons (Fsp3) is 0.286. The highest BCUT2D eigenvalue weighted by Gasteiger charge is 2.08. The van der Waals surface area contributed by atoms with E-state index in [0.29, 0.717) is 12.2 Å². The number of hydrogen-bond acceptors (Lipinski definition) is 5. The molecular formula is C21H26O5. The maximum atomic E-state index is 11.3. The fourth-order valence-electron chi connectivity index (χ4n) is 1.83. The summed E-state index contributed by atoms with van der Waals surface area (Å²) < 4.78 is 20.1. The zero-order valence-electron chi connectivity index (χ0n) is 15.9. The van der Waals surface area contributed by atoms with Crippen LogP contribution in [-0.2, 0) is 14.2 Å². The van der Waals surface area contributed by atoms with Crippen LogP contribution in [0.1, 0.15) is 26.3 Å². The van der Waals surface area contributed by atoms with Crippen LogP contribution in [0, 0.1) is 0 Å². The van der Waals surface area contributed by atoms with E-state index in [0.717, 1.165) is 11.3 Å². The lowest BCUT2D eigenvalue weighted by atomic mass is 10.1. The normalized spacial score (nSPS) is 11.9. The van der Waals surface area contributed by atoms with Crippen molar-refractivity contribution in [3.8, 4) is 5.75 Å². The molecule has 0 unspecified atom stereocenters. The molecule has 0 aliphatic carbocycles. The van der Waals surface area contributed by atoms with Crippen molar-refractivity contribution < 1.29 is 23.7 Å². The van der Waals surface area contributed by atoms with E-state index in [-0.39, 0.29) is 5.76 Å². The minimum atomic E-state index is -0.800. The lowest BCUT2D eigenvalue weighted by Crippen LogP contribution is -2.05. The average Bonchev–Trinajstić information content (AvgIpc) is 2.61. The number of ether oxygens (including phenoxy) is 4. The third kappa shape index (κ3) is 8.24. The summed E-state index contributed by atoms with van der Waals surface area (Å²) in [6, 6.07) is 7.78. The largest absolute Gasteiger partial charge is 0.513 e. The highest BCUT2D eigenvalue weighted by molar-refractivity contribution is 5.62. The summed E-state index contributed by atoms with van der Waals surface area (Å²) >= 11 is 0. The van der Waals surface area contributed by atoms with Crippen molar-refractivity contribution in [2.45, 2.75) is 20.8 Å². The molecule has 5 nitrogen and oxygen atoms in total. The first-order valence-electron chi connectivity index (χ1n) is 8.16. The lowest BCUT2D eigenvalue weighted by molar-refractivity contribution is 0.0960. The SMILES string of the molecule is COC=C(OC(=O)OC)C(C)=CC=Cc1cccc(OCC=C(C)C)c1. The van der Waals surface area contributed by atoms with E-state index in [2.05, 4.69) is 4.74 Å². The predicted octanol–water partition coefficient (Wildman–Crippen LogP) is 5.26. The van der Waals surface area contributed by atoms with Gasteiger partial charge in [0.25, 0.3) is 0 Å². The molecule has 1 aromatic rings. The summed E-state index contributed by atoms with van der Waals surface area (Å²) in [6.45, 7) is 6.42. The number of benzene rings is 1. The zero-order valence-corrected chi connectivity index (χ0v) is 15.9. The minimum absolute atomic E-state index is 0.280. The molecule has 0 N–H and O–H groups in total. The number of hydrogen-bond donors (Lipinski definition) is 0. The molecule has 1 rings (SSSR count). The molecule has 0 bridgehead atoms. The number of carbonyl (C=O) groups is 1. The standard InChI is InChI=1S/C21H26O5/c1-16(2)12-13-25-19-11-7-10-18(14-19)9-6-8-17(3)20(15-23-4)26-21(22)24-5/h6-12,14-15H,13H2,1-5H3. The van der Waals surface area contributed by atoms with Crippen molar-refractivity contribution in [1.29, 1.82) is 0 Å². The van der Waals surface area contributed by atoms with E-state index in [1.54, 1.807) is 6.92 Å². The van der Waals surface area contributed by atoms with Crippen LogP contribution in [0.5, 0.6) is 5.75 Å². The Morgan fingerprint density at radius 3 is 2.58 bits per heavy atom. The molecule has 0 heterocycles. The molecule has 0 spiro atoms. The molecule has 0 aromatic heterocycles. The molecule has 0 aliphatic rings. The van der Waals surface area contributed by atoms with Crippen LogP contribution in [-0.4, -0.2) is 27.0 Å². The summed E-state index contributed by atoms with van der Waals surface area (Å²) in [5, 5.41) is 0. The molecule has 0 atom stereocenters. The second-order valence-electron chi connectivity index (χ2n) is 5.65. The third-order valence-electron chi connectivity index (χ3n) is 3.21. The van der Waals surface area contributed by atoms with Crippen LogP contribution in [0.3, 0.4) is 0 Å². The van der Waals surface area contributed by atoms with Crippen LogP contribution in [0.25, 0.3) is 6.08 Å². The van der Waals surface area contributed by atoms with Gasteiger partial charge in [-0.2, -0.15) is 0 Å². The smallest absolute Gasteiger partial charge is 0.500 e. The van der Waals surface area contributed by atoms with E-state index in [9.17, 15) is 4.79 Å². The quantitative estimate of drug-likeness (QED) is 0.274. The molecule has 0 saturated heterocycles.